The van der Waals surface area contributed by atoms with Crippen molar-refractivity contribution < 1.29 is 25.5 Å². The van der Waals surface area contributed by atoms with Crippen LogP contribution >= 0.6 is 0 Å². The van der Waals surface area contributed by atoms with Crippen LogP contribution in [0.4, 0.5) is 23.3 Å². The summed E-state index contributed by atoms with van der Waals surface area (Å²) in [5.41, 5.74) is 31.1. The van der Waals surface area contributed by atoms with Gasteiger partial charge in [-0.1, -0.05) is 76.0 Å². The second-order valence-electron chi connectivity index (χ2n) is 30.9. The molecule has 9 heterocycles. The summed E-state index contributed by atoms with van der Waals surface area (Å²) >= 11 is 0. The number of fused-ring (bicyclic) bond motifs is 15. The van der Waals surface area contributed by atoms with Crippen LogP contribution in [-0.2, 0) is 38.5 Å². The molecule has 23 heteroatoms. The van der Waals surface area contributed by atoms with E-state index in [-0.39, 0.29) is 18.1 Å². The molecule has 0 saturated carbocycles. The number of nitrogens with one attached hydrogen (secondary N) is 5. The fourth-order valence-electron chi connectivity index (χ4n) is 16.6. The number of rotatable bonds is 16. The number of piperazine rings is 1. The zero-order chi connectivity index (χ0) is 80.4. The number of benzene rings is 4. The molecule has 0 radical (unpaired) electrons. The number of nitrogens with zero attached hydrogens (tertiary/aromatic N) is 12. The molecule has 12 aromatic rings. The van der Waals surface area contributed by atoms with Gasteiger partial charge < -0.3 is 56.2 Å². The second-order valence-corrected chi connectivity index (χ2v) is 30.9. The van der Waals surface area contributed by atoms with E-state index < -0.39 is 12.2 Å². The smallest absolute Gasteiger partial charge is 0.159 e. The number of aromatic nitrogens is 12. The maximum Gasteiger partial charge on any atom is 0.159 e. The van der Waals surface area contributed by atoms with Gasteiger partial charge in [-0.2, -0.15) is 20.4 Å². The molecular formula is C92H108N18O5. The van der Waals surface area contributed by atoms with E-state index >= 15 is 0 Å². The zero-order valence-electron chi connectivity index (χ0n) is 67.3. The lowest BCUT2D eigenvalue weighted by atomic mass is 9.84. The molecule has 2 unspecified atom stereocenters. The normalized spacial score (nSPS) is 16.8. The molecule has 596 valence electrons. The van der Waals surface area contributed by atoms with Gasteiger partial charge in [0.1, 0.15) is 11.5 Å². The first-order valence-corrected chi connectivity index (χ1v) is 40.6. The second kappa shape index (κ2) is 36.3. The summed E-state index contributed by atoms with van der Waals surface area (Å²) in [6, 6.07) is 22.0. The lowest BCUT2D eigenvalue weighted by molar-refractivity contribution is 0.225. The van der Waals surface area contributed by atoms with Crippen LogP contribution in [0.15, 0.2) is 147 Å². The number of nitrogens with two attached hydrogens (primary N) is 1. The molecule has 12 N–H and O–H groups in total. The third kappa shape index (κ3) is 17.3. The Labute approximate surface area is 671 Å². The highest BCUT2D eigenvalue weighted by Crippen LogP contribution is 2.44. The summed E-state index contributed by atoms with van der Waals surface area (Å²) < 4.78 is 0. The lowest BCUT2D eigenvalue weighted by Crippen LogP contribution is -2.44. The van der Waals surface area contributed by atoms with E-state index in [1.54, 1.807) is 36.6 Å². The van der Waals surface area contributed by atoms with Gasteiger partial charge in [0.25, 0.3) is 0 Å². The monoisotopic (exact) mass is 1540 g/mol. The fourth-order valence-corrected chi connectivity index (χ4v) is 16.6. The number of anilines is 4. The summed E-state index contributed by atoms with van der Waals surface area (Å²) in [5.74, 6) is 3.70. The Morgan fingerprint density at radius 3 is 1.81 bits per heavy atom. The van der Waals surface area contributed by atoms with Gasteiger partial charge in [0.2, 0.25) is 0 Å². The van der Waals surface area contributed by atoms with Crippen LogP contribution in [0.2, 0.25) is 0 Å². The van der Waals surface area contributed by atoms with Gasteiger partial charge >= 0.3 is 0 Å². The maximum absolute atomic E-state index is 9.82. The Balaban J connectivity index is 0.000000126. The quantitative estimate of drug-likeness (QED) is 0.0316. The Morgan fingerprint density at radius 2 is 1.20 bits per heavy atom. The Hall–Kier alpha value is -11.6. The molecule has 0 bridgehead atoms. The van der Waals surface area contributed by atoms with Crippen molar-refractivity contribution in [2.75, 3.05) is 101 Å². The zero-order valence-corrected chi connectivity index (χ0v) is 67.3. The van der Waals surface area contributed by atoms with Crippen LogP contribution in [-0.4, -0.2) is 189 Å². The molecule has 8 aromatic heterocycles. The van der Waals surface area contributed by atoms with E-state index in [0.29, 0.717) is 25.2 Å². The van der Waals surface area contributed by atoms with Crippen molar-refractivity contribution in [3.05, 3.63) is 208 Å². The van der Waals surface area contributed by atoms with Gasteiger partial charge in [0, 0.05) is 86.3 Å². The van der Waals surface area contributed by atoms with Crippen molar-refractivity contribution in [2.45, 2.75) is 129 Å². The first kappa shape index (κ1) is 80.0. The number of aromatic amines is 4. The van der Waals surface area contributed by atoms with Crippen LogP contribution in [0.5, 0.6) is 5.75 Å². The van der Waals surface area contributed by atoms with Gasteiger partial charge in [-0.15, -0.1) is 0 Å². The van der Waals surface area contributed by atoms with Gasteiger partial charge in [-0.3, -0.25) is 25.4 Å². The number of phenolic OH excluding ortho intramolecular Hbond substituents is 1. The van der Waals surface area contributed by atoms with E-state index in [0.717, 1.165) is 201 Å². The molecule has 4 aromatic carbocycles. The van der Waals surface area contributed by atoms with Crippen molar-refractivity contribution >= 4 is 112 Å². The molecular weight excluding hydrogens is 1440 g/mol. The molecule has 1 aliphatic heterocycles. The largest absolute Gasteiger partial charge is 0.508 e. The van der Waals surface area contributed by atoms with Crippen molar-refractivity contribution in [1.29, 1.82) is 0 Å². The molecule has 6 aliphatic rings. The predicted molar refractivity (Wildman–Crippen MR) is 471 cm³/mol. The third-order valence-corrected chi connectivity index (χ3v) is 22.4. The highest BCUT2D eigenvalue weighted by molar-refractivity contribution is 6.15. The number of hydrogen-bond donors (Lipinski definition) is 11. The van der Waals surface area contributed by atoms with Crippen LogP contribution < -0.4 is 20.9 Å². The number of H-pyrrole nitrogens is 4. The van der Waals surface area contributed by atoms with E-state index in [1.807, 2.05) is 79.6 Å². The van der Waals surface area contributed by atoms with Crippen molar-refractivity contribution in [2.24, 2.45) is 0 Å². The molecule has 5 aliphatic carbocycles. The first-order chi connectivity index (χ1) is 55.9. The van der Waals surface area contributed by atoms with E-state index in [9.17, 15) is 25.5 Å². The van der Waals surface area contributed by atoms with Crippen LogP contribution in [0, 0.1) is 6.92 Å². The summed E-state index contributed by atoms with van der Waals surface area (Å²) in [5, 5.41) is 89.1. The molecule has 115 heavy (non-hydrogen) atoms. The SMILES string of the molecule is C=C/C(O)=C\C=C\c1nc2ccc3[nH]nc(NCCN(C)C)c3c2c2c1CCCC2.C=Cc1[nH]nc(N)c1-c1cnc(C2=CCC(O)C=C2)cc1C.CCC.CN(CCO)c1n[nH]c2ccc3nc(C4=CCC(O)C=C4)c4c(c3c12)CCCC4.CN1CCN(c2n[nH]c3ccc4nc(-c5ccc(O)cc5)c5c(c4c23)CCCC5)CC1. The van der Waals surface area contributed by atoms with Crippen molar-refractivity contribution in [1.82, 2.24) is 70.5 Å². The van der Waals surface area contributed by atoms with Crippen molar-refractivity contribution in [3.63, 3.8) is 0 Å². The van der Waals surface area contributed by atoms with Gasteiger partial charge in [-0.25, -0.2) is 15.0 Å². The Bertz CT molecular complexity index is 5750. The molecule has 23 nitrogen and oxygen atoms in total. The Kier molecular flexibility index (Phi) is 25.2. The number of aliphatic hydroxyl groups is 4. The standard InChI is InChI=1S/C25H27N5O.C24H29N5O.C23H26N4O2.C17H18N4O.C3H8/c1-29-12-14-30(15-13-29)25-23-21(27-28-25)11-10-20-22(23)18-4-2-3-5-19(18)24(26-20)16-6-8-17(31)9-7-16;1-4-16(30)8-7-11-19-17-9-5-6-10-18(17)22-20(26-19)12-13-21-23(22)24(28-27-21)25-14-15-29(2)3;1-27(12-13-28)23-21-19(25-26-23)11-10-18-20(21)16-4-2-3-5-17(16)22(24-18)14-6-8-15(29)9-7-14;1-3-14-16(17(18)21-20-14)13-9-19-15(8-10(13)2)11-4-6-12(22)7-5-11;1-3-2/h6-11,31H,2-5,12-15H2,1H3,(H,27,28);4,7-8,11-13,30H,1,5-6,9-10,14-15H2,2-3H3,(H2,25,27,28);6-8,10-11,15,28-29H,2-5,9,12-13H2,1H3,(H,25,26);3-6,8-9,12,22H,1,7H2,2H3,(H3,18,20,21);3H2,1-2H3/b;11-7+,16-8+;;;. The van der Waals surface area contributed by atoms with E-state index in [4.69, 9.17) is 25.8 Å². The van der Waals surface area contributed by atoms with Crippen molar-refractivity contribution in [3.8, 4) is 28.1 Å². The molecule has 2 atom stereocenters. The van der Waals surface area contributed by atoms with Crippen LogP contribution in [0.25, 0.3) is 111 Å². The summed E-state index contributed by atoms with van der Waals surface area (Å²) in [4.78, 5) is 28.7. The van der Waals surface area contributed by atoms with Gasteiger partial charge in [-0.05, 0) is 259 Å². The van der Waals surface area contributed by atoms with E-state index in [2.05, 4.69) is 145 Å². The average molecular weight is 1550 g/mol. The number of aliphatic hydroxyl groups excluding tert-OH is 4. The summed E-state index contributed by atoms with van der Waals surface area (Å²) in [6.07, 6.45) is 37.1. The lowest BCUT2D eigenvalue weighted by Gasteiger charge is -2.33. The molecule has 18 rings (SSSR count). The number of aryl methyl sites for hydroxylation is 4. The van der Waals surface area contributed by atoms with Crippen LogP contribution in [0.3, 0.4) is 0 Å². The fraction of sp³-hybridized carbons (Fsp3) is 0.348. The number of aromatic hydroxyl groups is 1. The summed E-state index contributed by atoms with van der Waals surface area (Å²) in [6.45, 7) is 20.1. The number of phenols is 1. The third-order valence-electron chi connectivity index (χ3n) is 22.4. The molecule has 1 saturated heterocycles. The minimum absolute atomic E-state index is 0.0858. The highest BCUT2D eigenvalue weighted by Gasteiger charge is 2.29. The molecule has 0 spiro atoms. The number of hydrogen-bond acceptors (Lipinski definition) is 19. The first-order valence-electron chi connectivity index (χ1n) is 40.6. The number of pyridine rings is 4. The van der Waals surface area contributed by atoms with Crippen LogP contribution in [0.1, 0.15) is 133 Å². The van der Waals surface area contributed by atoms with Gasteiger partial charge in [0.05, 0.1) is 102 Å². The average Bonchev–Trinajstić information content (AvgIpc) is 1.69. The minimum Gasteiger partial charge on any atom is -0.508 e. The number of likely N-dealkylation sites (N-methyl/N-ethyl adjacent to an activating group) is 3. The predicted octanol–water partition coefficient (Wildman–Crippen LogP) is 16.0. The molecule has 1 fully saturated rings. The molecule has 0 amide bonds. The number of allylic oxidation sites excluding steroid dienone is 7. The van der Waals surface area contributed by atoms with E-state index in [1.165, 1.54) is 106 Å². The topological polar surface area (TPSA) is 318 Å². The maximum atomic E-state index is 9.82. The highest BCUT2D eigenvalue weighted by atomic mass is 16.3. The van der Waals surface area contributed by atoms with Gasteiger partial charge in [0.15, 0.2) is 23.3 Å². The summed E-state index contributed by atoms with van der Waals surface area (Å²) in [7, 11) is 8.28. The number of nitrogen functional groups attached to an aromatic ring is 1. The minimum atomic E-state index is -0.398. The Morgan fingerprint density at radius 1 is 0.643 bits per heavy atom.